The van der Waals surface area contributed by atoms with Gasteiger partial charge in [-0.3, -0.25) is 9.89 Å². The number of aromatic nitrogens is 5. The first kappa shape index (κ1) is 16.5. The van der Waals surface area contributed by atoms with E-state index in [1.165, 1.54) is 16.3 Å². The van der Waals surface area contributed by atoms with Gasteiger partial charge in [-0.2, -0.15) is 0 Å². The molecule has 0 aliphatic carbocycles. The molecule has 1 aromatic carbocycles. The van der Waals surface area contributed by atoms with E-state index in [0.29, 0.717) is 22.3 Å². The Kier molecular flexibility index (Phi) is 4.30. The van der Waals surface area contributed by atoms with Crippen molar-refractivity contribution in [1.82, 2.24) is 24.6 Å². The van der Waals surface area contributed by atoms with Gasteiger partial charge in [0.25, 0.3) is 5.56 Å². The van der Waals surface area contributed by atoms with Crippen molar-refractivity contribution in [2.75, 3.05) is 0 Å². The first-order chi connectivity index (χ1) is 12.6. The minimum Gasteiger partial charge on any atom is -0.293 e. The molecule has 6 nitrogen and oxygen atoms in total. The van der Waals surface area contributed by atoms with Gasteiger partial charge < -0.3 is 0 Å². The molecule has 4 aromatic rings. The molecule has 7 heteroatoms. The molecule has 0 atom stereocenters. The molecule has 0 saturated heterocycles. The molecule has 0 spiro atoms. The Morgan fingerprint density at radius 3 is 2.69 bits per heavy atom. The highest BCUT2D eigenvalue weighted by Crippen LogP contribution is 2.27. The number of fused-ring (bicyclic) bond motifs is 1. The standard InChI is InChI=1S/C19H17N5OS/c1-12-8-9-20-19(21-12)26-11-15-10-16(25)24-18(22-15)17(13(2)23-24)14-6-4-3-5-7-14/h3-10,23H,11H2,1-2H3. The molecule has 26 heavy (non-hydrogen) atoms. The highest BCUT2D eigenvalue weighted by atomic mass is 32.2. The van der Waals surface area contributed by atoms with E-state index < -0.39 is 0 Å². The van der Waals surface area contributed by atoms with Gasteiger partial charge >= 0.3 is 0 Å². The highest BCUT2D eigenvalue weighted by Gasteiger charge is 2.14. The largest absolute Gasteiger partial charge is 0.293 e. The van der Waals surface area contributed by atoms with Crippen LogP contribution in [0.2, 0.25) is 0 Å². The molecule has 0 radical (unpaired) electrons. The summed E-state index contributed by atoms with van der Waals surface area (Å²) < 4.78 is 1.50. The van der Waals surface area contributed by atoms with Crippen LogP contribution >= 0.6 is 11.8 Å². The van der Waals surface area contributed by atoms with E-state index in [4.69, 9.17) is 4.98 Å². The van der Waals surface area contributed by atoms with Gasteiger partial charge in [-0.15, -0.1) is 0 Å². The molecule has 0 bridgehead atoms. The van der Waals surface area contributed by atoms with Crippen molar-refractivity contribution in [1.29, 1.82) is 0 Å². The summed E-state index contributed by atoms with van der Waals surface area (Å²) in [5.74, 6) is 0.535. The summed E-state index contributed by atoms with van der Waals surface area (Å²) in [6.45, 7) is 3.88. The summed E-state index contributed by atoms with van der Waals surface area (Å²) in [6, 6.07) is 13.4. The van der Waals surface area contributed by atoms with Crippen molar-refractivity contribution >= 4 is 17.4 Å². The van der Waals surface area contributed by atoms with Crippen molar-refractivity contribution in [3.05, 3.63) is 76.1 Å². The van der Waals surface area contributed by atoms with E-state index in [2.05, 4.69) is 15.1 Å². The molecule has 3 heterocycles. The Labute approximate surface area is 154 Å². The quantitative estimate of drug-likeness (QED) is 0.444. The molecule has 0 aliphatic rings. The van der Waals surface area contributed by atoms with Crippen LogP contribution in [0.1, 0.15) is 17.1 Å². The van der Waals surface area contributed by atoms with Crippen LogP contribution in [0.15, 0.2) is 58.6 Å². The fraction of sp³-hybridized carbons (Fsp3) is 0.158. The third-order valence-electron chi connectivity index (χ3n) is 4.03. The van der Waals surface area contributed by atoms with Crippen molar-refractivity contribution in [3.8, 4) is 11.1 Å². The predicted molar refractivity (Wildman–Crippen MR) is 102 cm³/mol. The van der Waals surface area contributed by atoms with Crippen LogP contribution in [0.3, 0.4) is 0 Å². The molecular formula is C19H17N5OS. The summed E-state index contributed by atoms with van der Waals surface area (Å²) in [7, 11) is 0. The molecular weight excluding hydrogens is 346 g/mol. The minimum absolute atomic E-state index is 0.124. The van der Waals surface area contributed by atoms with Gasteiger partial charge in [-0.25, -0.2) is 19.5 Å². The molecule has 1 N–H and O–H groups in total. The number of hydrogen-bond acceptors (Lipinski definition) is 5. The number of hydrogen-bond donors (Lipinski definition) is 1. The smallest absolute Gasteiger partial charge is 0.272 e. The van der Waals surface area contributed by atoms with E-state index in [9.17, 15) is 4.79 Å². The van der Waals surface area contributed by atoms with Gasteiger partial charge in [0.05, 0.1) is 5.69 Å². The molecule has 4 rings (SSSR count). The van der Waals surface area contributed by atoms with Crippen LogP contribution in [0, 0.1) is 13.8 Å². The highest BCUT2D eigenvalue weighted by molar-refractivity contribution is 7.98. The number of thioether (sulfide) groups is 1. The number of benzene rings is 1. The lowest BCUT2D eigenvalue weighted by molar-refractivity contribution is 0.871. The predicted octanol–water partition coefficient (Wildman–Crippen LogP) is 3.39. The zero-order valence-corrected chi connectivity index (χ0v) is 15.2. The summed E-state index contributed by atoms with van der Waals surface area (Å²) in [5, 5.41) is 3.79. The number of H-pyrrole nitrogens is 1. The fourth-order valence-corrected chi connectivity index (χ4v) is 3.62. The van der Waals surface area contributed by atoms with E-state index in [-0.39, 0.29) is 5.56 Å². The van der Waals surface area contributed by atoms with Crippen LogP contribution in [0.5, 0.6) is 0 Å². The number of nitrogens with one attached hydrogen (secondary N) is 1. The van der Waals surface area contributed by atoms with Crippen LogP contribution in [0.25, 0.3) is 16.8 Å². The molecule has 0 unspecified atom stereocenters. The maximum absolute atomic E-state index is 12.5. The molecule has 0 fully saturated rings. The minimum atomic E-state index is -0.124. The molecule has 0 aliphatic heterocycles. The number of nitrogens with zero attached hydrogens (tertiary/aromatic N) is 4. The molecule has 130 valence electrons. The Morgan fingerprint density at radius 2 is 1.92 bits per heavy atom. The zero-order chi connectivity index (χ0) is 18.1. The normalized spacial score (nSPS) is 11.2. The lowest BCUT2D eigenvalue weighted by Gasteiger charge is -2.03. The molecule has 3 aromatic heterocycles. The third kappa shape index (κ3) is 3.13. The van der Waals surface area contributed by atoms with Crippen molar-refractivity contribution in [2.24, 2.45) is 0 Å². The third-order valence-corrected chi connectivity index (χ3v) is 4.93. The van der Waals surface area contributed by atoms with E-state index >= 15 is 0 Å². The van der Waals surface area contributed by atoms with Gasteiger partial charge in [0, 0.05) is 35.0 Å². The second kappa shape index (κ2) is 6.76. The van der Waals surface area contributed by atoms with Gasteiger partial charge in [-0.05, 0) is 25.5 Å². The maximum atomic E-state index is 12.5. The first-order valence-corrected chi connectivity index (χ1v) is 9.19. The SMILES string of the molecule is Cc1ccnc(SCc2cc(=O)n3[nH]c(C)c(-c4ccccc4)c3n2)n1. The van der Waals surface area contributed by atoms with E-state index in [1.807, 2.05) is 50.2 Å². The second-order valence-electron chi connectivity index (χ2n) is 5.99. The zero-order valence-electron chi connectivity index (χ0n) is 14.4. The molecule has 0 saturated carbocycles. The van der Waals surface area contributed by atoms with Gasteiger partial charge in [-0.1, -0.05) is 42.1 Å². The lowest BCUT2D eigenvalue weighted by atomic mass is 10.1. The van der Waals surface area contributed by atoms with Crippen molar-refractivity contribution in [2.45, 2.75) is 24.8 Å². The second-order valence-corrected chi connectivity index (χ2v) is 6.93. The van der Waals surface area contributed by atoms with Gasteiger partial charge in [0.2, 0.25) is 0 Å². The topological polar surface area (TPSA) is 75.9 Å². The summed E-state index contributed by atoms with van der Waals surface area (Å²) in [5.41, 5.74) is 5.03. The Morgan fingerprint density at radius 1 is 1.12 bits per heavy atom. The average Bonchev–Trinajstić information content (AvgIpc) is 2.97. The van der Waals surface area contributed by atoms with Crippen LogP contribution < -0.4 is 5.56 Å². The maximum Gasteiger partial charge on any atom is 0.272 e. The van der Waals surface area contributed by atoms with E-state index in [1.54, 1.807) is 12.3 Å². The van der Waals surface area contributed by atoms with E-state index in [0.717, 1.165) is 22.5 Å². The van der Waals surface area contributed by atoms with Crippen LogP contribution in [-0.2, 0) is 5.75 Å². The van der Waals surface area contributed by atoms with Crippen molar-refractivity contribution in [3.63, 3.8) is 0 Å². The van der Waals surface area contributed by atoms with Gasteiger partial charge in [0.15, 0.2) is 10.8 Å². The summed E-state index contributed by atoms with van der Waals surface area (Å²) in [4.78, 5) is 25.9. The molecule has 0 amide bonds. The Bertz CT molecular complexity index is 1130. The fourth-order valence-electron chi connectivity index (χ4n) is 2.86. The monoisotopic (exact) mass is 363 g/mol. The Balaban J connectivity index is 1.74. The van der Waals surface area contributed by atoms with Gasteiger partial charge in [0.1, 0.15) is 0 Å². The first-order valence-electron chi connectivity index (χ1n) is 8.21. The van der Waals surface area contributed by atoms with Crippen LogP contribution in [-0.4, -0.2) is 24.6 Å². The number of aryl methyl sites for hydroxylation is 2. The number of aromatic amines is 1. The van der Waals surface area contributed by atoms with Crippen molar-refractivity contribution < 1.29 is 0 Å². The summed E-state index contributed by atoms with van der Waals surface area (Å²) in [6.07, 6.45) is 1.74. The Hall–Kier alpha value is -2.93. The number of rotatable bonds is 4. The average molecular weight is 363 g/mol. The summed E-state index contributed by atoms with van der Waals surface area (Å²) >= 11 is 1.47. The van der Waals surface area contributed by atoms with Crippen LogP contribution in [0.4, 0.5) is 0 Å². The lowest BCUT2D eigenvalue weighted by Crippen LogP contribution is -2.15.